The minimum Gasteiger partial charge on any atom is -0.341 e. The fraction of sp³-hybridized carbons (Fsp3) is 0.125. The van der Waals surface area contributed by atoms with Crippen molar-refractivity contribution in [1.29, 1.82) is 0 Å². The minimum atomic E-state index is 1.05. The first kappa shape index (κ1) is 12.5. The molecule has 6 rings (SSSR count). The number of hydrogen-bond acceptors (Lipinski definition) is 5. The van der Waals surface area contributed by atoms with Crippen molar-refractivity contribution < 1.29 is 0 Å². The third-order valence-electron chi connectivity index (χ3n) is 4.80. The Hall–Kier alpha value is -1.96. The second kappa shape index (κ2) is 3.92. The van der Waals surface area contributed by atoms with Gasteiger partial charge in [-0.05, 0) is 22.9 Å². The van der Waals surface area contributed by atoms with Gasteiger partial charge in [0, 0.05) is 24.9 Å². The molecule has 0 aliphatic rings. The van der Waals surface area contributed by atoms with E-state index in [0.29, 0.717) is 0 Å². The predicted octanol–water partition coefficient (Wildman–Crippen LogP) is 5.10. The van der Waals surface area contributed by atoms with Crippen molar-refractivity contribution in [3.8, 4) is 0 Å². The molecule has 0 atom stereocenters. The highest BCUT2D eigenvalue weighted by atomic mass is 32.1. The van der Waals surface area contributed by atoms with Gasteiger partial charge >= 0.3 is 0 Å². The first-order valence-electron chi connectivity index (χ1n) is 7.22. The van der Waals surface area contributed by atoms with Crippen molar-refractivity contribution in [2.45, 2.75) is 0 Å². The average molecular weight is 354 g/mol. The van der Waals surface area contributed by atoms with Gasteiger partial charge in [-0.25, -0.2) is 0 Å². The highest BCUT2D eigenvalue weighted by Gasteiger charge is 2.24. The summed E-state index contributed by atoms with van der Waals surface area (Å²) in [6.07, 6.45) is 0. The molecule has 0 bridgehead atoms. The molecule has 0 saturated heterocycles. The van der Waals surface area contributed by atoms with E-state index in [1.54, 1.807) is 22.7 Å². The van der Waals surface area contributed by atoms with Gasteiger partial charge in [-0.2, -0.15) is 8.75 Å². The molecule has 0 saturated carbocycles. The van der Waals surface area contributed by atoms with E-state index in [2.05, 4.69) is 54.9 Å². The van der Waals surface area contributed by atoms with Crippen LogP contribution in [0.1, 0.15) is 0 Å². The van der Waals surface area contributed by atoms with Crippen molar-refractivity contribution in [1.82, 2.24) is 17.9 Å². The Balaban J connectivity index is 2.15. The SMILES string of the molecule is Cn1c2ccsc2c2c3nsnc3c3c4sccc4n(C)c3c21. The van der Waals surface area contributed by atoms with Crippen LogP contribution in [0.3, 0.4) is 0 Å². The summed E-state index contributed by atoms with van der Waals surface area (Å²) in [7, 11) is 4.31. The summed E-state index contributed by atoms with van der Waals surface area (Å²) in [4.78, 5) is 0. The van der Waals surface area contributed by atoms with Gasteiger partial charge in [0.2, 0.25) is 0 Å². The zero-order valence-corrected chi connectivity index (χ0v) is 14.8. The van der Waals surface area contributed by atoms with Gasteiger partial charge < -0.3 is 9.13 Å². The van der Waals surface area contributed by atoms with Gasteiger partial charge in [-0.1, -0.05) is 0 Å². The van der Waals surface area contributed by atoms with Gasteiger partial charge in [0.25, 0.3) is 0 Å². The second-order valence-electron chi connectivity index (χ2n) is 5.80. The first-order valence-corrected chi connectivity index (χ1v) is 9.71. The van der Waals surface area contributed by atoms with E-state index in [0.717, 1.165) is 11.0 Å². The lowest BCUT2D eigenvalue weighted by atomic mass is 10.1. The van der Waals surface area contributed by atoms with Crippen molar-refractivity contribution in [2.24, 2.45) is 14.1 Å². The van der Waals surface area contributed by atoms with Crippen LogP contribution in [0.4, 0.5) is 0 Å². The Kier molecular flexibility index (Phi) is 2.12. The maximum Gasteiger partial charge on any atom is 0.116 e. The normalized spacial score (nSPS) is 12.8. The summed E-state index contributed by atoms with van der Waals surface area (Å²) in [5, 5.41) is 6.82. The lowest BCUT2D eigenvalue weighted by Crippen LogP contribution is -1.93. The number of hydrogen-bond donors (Lipinski definition) is 0. The van der Waals surface area contributed by atoms with Crippen LogP contribution in [0.15, 0.2) is 22.9 Å². The Bertz CT molecular complexity index is 1280. The zero-order valence-electron chi connectivity index (χ0n) is 12.3. The molecule has 23 heavy (non-hydrogen) atoms. The smallest absolute Gasteiger partial charge is 0.116 e. The standard InChI is InChI=1S/C16H10N4S3/c1-19-7-3-5-21-15(7)9-11-12(18-23-17-11)10-14(13(9)19)20(2)8-4-6-22-16(8)10/h3-6H,1-2H3. The van der Waals surface area contributed by atoms with Crippen LogP contribution < -0.4 is 0 Å². The van der Waals surface area contributed by atoms with Crippen LogP contribution >= 0.6 is 34.4 Å². The topological polar surface area (TPSA) is 35.6 Å². The molecule has 0 unspecified atom stereocenters. The van der Waals surface area contributed by atoms with Crippen molar-refractivity contribution >= 4 is 87.7 Å². The fourth-order valence-corrected chi connectivity index (χ4v) is 6.31. The molecule has 0 N–H and O–H groups in total. The van der Waals surface area contributed by atoms with Crippen molar-refractivity contribution in [3.05, 3.63) is 22.9 Å². The molecule has 5 heterocycles. The van der Waals surface area contributed by atoms with E-state index in [9.17, 15) is 0 Å². The van der Waals surface area contributed by atoms with E-state index in [1.807, 2.05) is 0 Å². The molecule has 6 aromatic rings. The highest BCUT2D eigenvalue weighted by molar-refractivity contribution is 7.19. The molecule has 0 fully saturated rings. The van der Waals surface area contributed by atoms with Crippen LogP contribution in [0, 0.1) is 0 Å². The number of aromatic nitrogens is 4. The van der Waals surface area contributed by atoms with Gasteiger partial charge in [0.05, 0.1) is 43.2 Å². The van der Waals surface area contributed by atoms with E-state index in [-0.39, 0.29) is 0 Å². The van der Waals surface area contributed by atoms with Gasteiger partial charge in [0.15, 0.2) is 0 Å². The fourth-order valence-electron chi connectivity index (χ4n) is 3.81. The predicted molar refractivity (Wildman–Crippen MR) is 101 cm³/mol. The molecule has 7 heteroatoms. The Morgan fingerprint density at radius 2 is 1.26 bits per heavy atom. The molecule has 0 spiro atoms. The van der Waals surface area contributed by atoms with Gasteiger partial charge in [0.1, 0.15) is 11.0 Å². The third-order valence-corrected chi connectivity index (χ3v) is 7.17. The molecule has 0 aliphatic heterocycles. The Morgan fingerprint density at radius 1 is 0.783 bits per heavy atom. The number of fused-ring (bicyclic) bond motifs is 10. The van der Waals surface area contributed by atoms with Crippen molar-refractivity contribution in [3.63, 3.8) is 0 Å². The highest BCUT2D eigenvalue weighted by Crippen LogP contribution is 2.45. The summed E-state index contributed by atoms with van der Waals surface area (Å²) in [5.74, 6) is 0. The Labute approximate surface area is 142 Å². The third kappa shape index (κ3) is 1.26. The van der Waals surface area contributed by atoms with Crippen LogP contribution in [-0.4, -0.2) is 17.9 Å². The van der Waals surface area contributed by atoms with Gasteiger partial charge in [-0.3, -0.25) is 0 Å². The zero-order chi connectivity index (χ0) is 15.3. The second-order valence-corrected chi connectivity index (χ2v) is 8.16. The van der Waals surface area contributed by atoms with Crippen LogP contribution in [0.5, 0.6) is 0 Å². The first-order chi connectivity index (χ1) is 11.3. The summed E-state index contributed by atoms with van der Waals surface area (Å²) >= 11 is 4.89. The summed E-state index contributed by atoms with van der Waals surface area (Å²) in [5.41, 5.74) is 7.19. The molecule has 4 nitrogen and oxygen atoms in total. The van der Waals surface area contributed by atoms with E-state index >= 15 is 0 Å². The number of nitrogens with zero attached hydrogens (tertiary/aromatic N) is 4. The van der Waals surface area contributed by atoms with Crippen LogP contribution in [0.2, 0.25) is 0 Å². The van der Waals surface area contributed by atoms with Crippen LogP contribution in [-0.2, 0) is 14.1 Å². The summed E-state index contributed by atoms with van der Waals surface area (Å²) in [6, 6.07) is 4.39. The lowest BCUT2D eigenvalue weighted by molar-refractivity contribution is 0.988. The molecule has 1 aromatic carbocycles. The quantitative estimate of drug-likeness (QED) is 0.380. The minimum absolute atomic E-state index is 1.05. The lowest BCUT2D eigenvalue weighted by Gasteiger charge is -2.04. The molecule has 0 amide bonds. The molecular formula is C16H10N4S3. The van der Waals surface area contributed by atoms with Crippen molar-refractivity contribution in [2.75, 3.05) is 0 Å². The number of benzene rings is 1. The average Bonchev–Trinajstić information content (AvgIpc) is 3.31. The Morgan fingerprint density at radius 3 is 1.74 bits per heavy atom. The van der Waals surface area contributed by atoms with E-state index in [1.165, 1.54) is 54.0 Å². The maximum absolute atomic E-state index is 4.66. The molecule has 112 valence electrons. The molecule has 5 aromatic heterocycles. The molecule has 0 radical (unpaired) electrons. The summed E-state index contributed by atoms with van der Waals surface area (Å²) < 4.78 is 16.6. The monoisotopic (exact) mass is 354 g/mol. The molecule has 0 aliphatic carbocycles. The number of aryl methyl sites for hydroxylation is 2. The van der Waals surface area contributed by atoms with Gasteiger partial charge in [-0.15, -0.1) is 22.7 Å². The van der Waals surface area contributed by atoms with E-state index < -0.39 is 0 Å². The maximum atomic E-state index is 4.66. The number of thiophene rings is 2. The number of rotatable bonds is 0. The van der Waals surface area contributed by atoms with E-state index in [4.69, 9.17) is 0 Å². The van der Waals surface area contributed by atoms with Crippen LogP contribution in [0.25, 0.3) is 53.3 Å². The summed E-state index contributed by atoms with van der Waals surface area (Å²) in [6.45, 7) is 0. The largest absolute Gasteiger partial charge is 0.341 e. The molecular weight excluding hydrogens is 344 g/mol.